The van der Waals surface area contributed by atoms with E-state index in [0.717, 1.165) is 34.1 Å². The molecule has 0 bridgehead atoms. The van der Waals surface area contributed by atoms with Crippen molar-refractivity contribution < 1.29 is 0 Å². The predicted molar refractivity (Wildman–Crippen MR) is 280 cm³/mol. The van der Waals surface area contributed by atoms with E-state index in [1.54, 1.807) is 0 Å². The quantitative estimate of drug-likeness (QED) is 0.160. The highest BCUT2D eigenvalue weighted by molar-refractivity contribution is 7.44. The summed E-state index contributed by atoms with van der Waals surface area (Å²) in [6.07, 6.45) is 0. The zero-order valence-electron chi connectivity index (χ0n) is 34.0. The predicted octanol–water partition coefficient (Wildman–Crippen LogP) is 18.5. The lowest BCUT2D eigenvalue weighted by atomic mass is 10.0. The van der Waals surface area contributed by atoms with Gasteiger partial charge >= 0.3 is 0 Å². The van der Waals surface area contributed by atoms with Crippen LogP contribution in [-0.4, -0.2) is 0 Å². The molecule has 0 amide bonds. The Kier molecular flexibility index (Phi) is 8.68. The largest absolute Gasteiger partial charge is 0.310 e. The third-order valence-corrected chi connectivity index (χ3v) is 17.1. The summed E-state index contributed by atoms with van der Waals surface area (Å²) in [4.78, 5) is 4.74. The summed E-state index contributed by atoms with van der Waals surface area (Å²) < 4.78 is 8.92. The van der Waals surface area contributed by atoms with Gasteiger partial charge in [0.25, 0.3) is 0 Å². The van der Waals surface area contributed by atoms with Gasteiger partial charge in [0.2, 0.25) is 0 Å². The second kappa shape index (κ2) is 14.9. The number of hydrogen-bond acceptors (Lipinski definition) is 7. The SMILES string of the molecule is N#Cc1cccc(N(c2cccc3c2sc2ccccc23)c2cccc3c2sc2sc4cc(-c5cccc(N(c6ccccc6)c6ccc7sc8ccccc8c7c6)c5)ccc4c23)c1. The summed E-state index contributed by atoms with van der Waals surface area (Å²) in [5.41, 5.74) is 9.58. The molecule has 0 aliphatic carbocycles. The number of benzene rings is 9. The molecular formula is C57H33N3S4. The van der Waals surface area contributed by atoms with Gasteiger partial charge in [0.1, 0.15) is 0 Å². The first-order chi connectivity index (χ1) is 31.7. The number of thiophene rings is 4. The van der Waals surface area contributed by atoms with Gasteiger partial charge in [-0.05, 0) is 102 Å². The minimum Gasteiger partial charge on any atom is -0.310 e. The van der Waals surface area contributed by atoms with Crippen molar-refractivity contribution in [2.24, 2.45) is 0 Å². The van der Waals surface area contributed by atoms with Gasteiger partial charge in [-0.25, -0.2) is 0 Å². The van der Waals surface area contributed by atoms with Gasteiger partial charge in [-0.3, -0.25) is 0 Å². The van der Waals surface area contributed by atoms with Gasteiger partial charge in [-0.1, -0.05) is 109 Å². The van der Waals surface area contributed by atoms with Crippen LogP contribution in [0.2, 0.25) is 0 Å². The van der Waals surface area contributed by atoms with Gasteiger partial charge < -0.3 is 9.80 Å². The molecule has 0 N–H and O–H groups in total. The Labute approximate surface area is 384 Å². The highest BCUT2D eigenvalue weighted by atomic mass is 32.2. The Morgan fingerprint density at radius 2 is 0.953 bits per heavy atom. The van der Waals surface area contributed by atoms with Gasteiger partial charge in [-0.15, -0.1) is 45.3 Å². The number of para-hydroxylation sites is 1. The average Bonchev–Trinajstić information content (AvgIpc) is 4.12. The summed E-state index contributed by atoms with van der Waals surface area (Å²) >= 11 is 7.42. The summed E-state index contributed by atoms with van der Waals surface area (Å²) in [5.74, 6) is 0. The van der Waals surface area contributed by atoms with Gasteiger partial charge in [0.15, 0.2) is 0 Å². The lowest BCUT2D eigenvalue weighted by molar-refractivity contribution is 1.29. The molecule has 4 aromatic heterocycles. The Morgan fingerprint density at radius 1 is 0.344 bits per heavy atom. The molecule has 0 unspecified atom stereocenters. The Bertz CT molecular complexity index is 4020. The first-order valence-electron chi connectivity index (χ1n) is 21.1. The molecule has 13 aromatic rings. The van der Waals surface area contributed by atoms with E-state index in [2.05, 4.69) is 198 Å². The van der Waals surface area contributed by atoms with Gasteiger partial charge in [0, 0.05) is 79.3 Å². The van der Waals surface area contributed by atoms with Crippen LogP contribution in [-0.2, 0) is 0 Å². The van der Waals surface area contributed by atoms with Crippen LogP contribution in [0.15, 0.2) is 200 Å². The second-order valence-corrected chi connectivity index (χ2v) is 20.4. The summed E-state index contributed by atoms with van der Waals surface area (Å²) in [5, 5.41) is 18.9. The molecule has 0 aliphatic rings. The number of nitrogens with zero attached hydrogens (tertiary/aromatic N) is 3. The molecule has 0 fully saturated rings. The van der Waals surface area contributed by atoms with Crippen LogP contribution >= 0.6 is 45.3 Å². The van der Waals surface area contributed by atoms with Crippen LogP contribution in [0, 0.1) is 11.3 Å². The lowest BCUT2D eigenvalue weighted by Gasteiger charge is -2.26. The van der Waals surface area contributed by atoms with Crippen molar-refractivity contribution in [3.63, 3.8) is 0 Å². The van der Waals surface area contributed by atoms with Crippen LogP contribution in [0.25, 0.3) is 81.0 Å². The smallest absolute Gasteiger partial charge is 0.0992 e. The van der Waals surface area contributed by atoms with Crippen LogP contribution < -0.4 is 9.80 Å². The zero-order valence-corrected chi connectivity index (χ0v) is 37.3. The molecule has 9 aromatic carbocycles. The maximum Gasteiger partial charge on any atom is 0.0992 e. The lowest BCUT2D eigenvalue weighted by Crippen LogP contribution is -2.10. The molecule has 0 atom stereocenters. The van der Waals surface area contributed by atoms with Crippen molar-refractivity contribution in [2.75, 3.05) is 9.80 Å². The molecular weight excluding hydrogens is 855 g/mol. The Morgan fingerprint density at radius 3 is 1.77 bits per heavy atom. The van der Waals surface area contributed by atoms with Crippen molar-refractivity contribution in [2.45, 2.75) is 0 Å². The molecule has 7 heteroatoms. The zero-order chi connectivity index (χ0) is 42.3. The van der Waals surface area contributed by atoms with Crippen molar-refractivity contribution in [3.05, 3.63) is 206 Å². The highest BCUT2D eigenvalue weighted by Crippen LogP contribution is 2.52. The average molecular weight is 888 g/mol. The van der Waals surface area contributed by atoms with E-state index in [0.29, 0.717) is 5.56 Å². The molecule has 300 valence electrons. The van der Waals surface area contributed by atoms with Crippen LogP contribution in [0.4, 0.5) is 34.1 Å². The molecule has 13 rings (SSSR count). The Hall–Kier alpha value is -7.31. The van der Waals surface area contributed by atoms with E-state index >= 15 is 0 Å². The third kappa shape index (κ3) is 5.96. The molecule has 0 radical (unpaired) electrons. The van der Waals surface area contributed by atoms with Crippen molar-refractivity contribution in [1.82, 2.24) is 0 Å². The van der Waals surface area contributed by atoms with Crippen molar-refractivity contribution in [3.8, 4) is 17.2 Å². The van der Waals surface area contributed by atoms with Crippen molar-refractivity contribution >= 4 is 149 Å². The van der Waals surface area contributed by atoms with E-state index in [1.165, 1.54) is 81.0 Å². The number of hydrogen-bond donors (Lipinski definition) is 0. The molecule has 4 heterocycles. The molecule has 64 heavy (non-hydrogen) atoms. The molecule has 0 saturated carbocycles. The fourth-order valence-corrected chi connectivity index (χ4v) is 14.4. The van der Waals surface area contributed by atoms with Gasteiger partial charge in [-0.2, -0.15) is 5.26 Å². The first kappa shape index (κ1) is 37.3. The number of rotatable bonds is 7. The van der Waals surface area contributed by atoms with E-state index in [9.17, 15) is 5.26 Å². The van der Waals surface area contributed by atoms with Crippen LogP contribution in [0.5, 0.6) is 0 Å². The maximum atomic E-state index is 10.0. The molecule has 0 saturated heterocycles. The molecule has 3 nitrogen and oxygen atoms in total. The van der Waals surface area contributed by atoms with E-state index in [4.69, 9.17) is 0 Å². The topological polar surface area (TPSA) is 30.3 Å². The summed E-state index contributed by atoms with van der Waals surface area (Å²) in [6, 6.07) is 74.6. The monoisotopic (exact) mass is 887 g/mol. The number of fused-ring (bicyclic) bond motifs is 11. The van der Waals surface area contributed by atoms with Gasteiger partial charge in [0.05, 0.1) is 36.4 Å². The third-order valence-electron chi connectivity index (χ3n) is 12.3. The minimum atomic E-state index is 0.638. The van der Waals surface area contributed by atoms with Crippen molar-refractivity contribution in [1.29, 1.82) is 5.26 Å². The minimum absolute atomic E-state index is 0.638. The highest BCUT2D eigenvalue weighted by Gasteiger charge is 2.23. The summed E-state index contributed by atoms with van der Waals surface area (Å²) in [7, 11) is 0. The summed E-state index contributed by atoms with van der Waals surface area (Å²) in [6.45, 7) is 0. The van der Waals surface area contributed by atoms with Crippen LogP contribution in [0.1, 0.15) is 5.56 Å². The molecule has 0 aliphatic heterocycles. The number of anilines is 6. The fourth-order valence-electron chi connectivity index (χ4n) is 9.41. The van der Waals surface area contributed by atoms with Crippen LogP contribution in [0.3, 0.4) is 0 Å². The second-order valence-electron chi connectivity index (χ2n) is 16.0. The number of nitriles is 1. The van der Waals surface area contributed by atoms with E-state index < -0.39 is 0 Å². The normalized spacial score (nSPS) is 11.7. The fraction of sp³-hybridized carbons (Fsp3) is 0. The van der Waals surface area contributed by atoms with E-state index in [-0.39, 0.29) is 0 Å². The molecule has 0 spiro atoms. The first-order valence-corrected chi connectivity index (χ1v) is 24.4. The standard InChI is InChI=1S/C57H33N3S4/c58-34-35-12-8-16-39(30-35)60(48-22-10-20-44-42-18-4-7-25-51(42)62-55(44)48)49-23-11-21-46-54-45-28-26-37(32-53(45)63-57(54)64-56(46)49)36-13-9-17-40(31-36)59(38-14-2-1-3-15-38)41-27-29-52-47(33-41)43-19-5-6-24-50(43)61-52/h1-33H. The maximum absolute atomic E-state index is 10.0. The van der Waals surface area contributed by atoms with E-state index in [1.807, 2.05) is 63.5 Å². The Balaban J connectivity index is 0.926.